The smallest absolute Gasteiger partial charge is 0.303 e. The van der Waals surface area contributed by atoms with E-state index in [0.717, 1.165) is 49.9 Å². The Morgan fingerprint density at radius 3 is 1.77 bits per heavy atom. The molecule has 4 atom stereocenters. The van der Waals surface area contributed by atoms with Crippen molar-refractivity contribution in [2.45, 2.75) is 86.0 Å². The van der Waals surface area contributed by atoms with Crippen molar-refractivity contribution in [1.82, 2.24) is 0 Å². The normalized spacial score (nSPS) is 25.0. The summed E-state index contributed by atoms with van der Waals surface area (Å²) in [6.45, 7) is 11.1. The molecular weight excluding hydrogens is 328 g/mol. The second-order valence-corrected chi connectivity index (χ2v) is 6.83. The standard InChI is InChI=1S/C7H12O2.C7H14O.C6H12O.C2H6/c1-2-5-3-6(5)4-7(8)9;1-2-6-5-7(6)3-4-8;1-2-3-4-5-6-7;1-2/h5-6H,2-4H2,1H3,(H,8,9);6-8H,2-5H2,1H3;3-4,7H,2,5-6H2,1H3;1-2H3/b;;4-3-;/t5-,6-;6-,7+;;/m11../s1. The molecule has 0 spiro atoms. The summed E-state index contributed by atoms with van der Waals surface area (Å²) in [5.41, 5.74) is 0. The highest BCUT2D eigenvalue weighted by Gasteiger charge is 2.36. The number of carboxylic acids is 1. The maximum atomic E-state index is 10.1. The summed E-state index contributed by atoms with van der Waals surface area (Å²) in [6, 6.07) is 0. The molecule has 156 valence electrons. The monoisotopic (exact) mass is 372 g/mol. The van der Waals surface area contributed by atoms with Gasteiger partial charge in [0.05, 0.1) is 0 Å². The van der Waals surface area contributed by atoms with E-state index in [1.54, 1.807) is 0 Å². The van der Waals surface area contributed by atoms with Gasteiger partial charge in [0.1, 0.15) is 0 Å². The topological polar surface area (TPSA) is 77.8 Å². The maximum absolute atomic E-state index is 10.1. The summed E-state index contributed by atoms with van der Waals surface area (Å²) in [7, 11) is 0. The molecule has 2 rings (SSSR count). The molecule has 0 bridgehead atoms. The van der Waals surface area contributed by atoms with Crippen LogP contribution in [-0.2, 0) is 4.79 Å². The van der Waals surface area contributed by atoms with Crippen molar-refractivity contribution in [3.8, 4) is 0 Å². The quantitative estimate of drug-likeness (QED) is 0.481. The van der Waals surface area contributed by atoms with E-state index in [2.05, 4.69) is 26.8 Å². The van der Waals surface area contributed by atoms with Gasteiger partial charge in [0.25, 0.3) is 0 Å². The van der Waals surface area contributed by atoms with Crippen LogP contribution in [0.2, 0.25) is 0 Å². The van der Waals surface area contributed by atoms with Gasteiger partial charge in [-0.2, -0.15) is 0 Å². The number of carboxylic acid groups (broad SMARTS) is 1. The van der Waals surface area contributed by atoms with E-state index in [4.69, 9.17) is 15.3 Å². The van der Waals surface area contributed by atoms with Gasteiger partial charge in [-0.1, -0.05) is 59.6 Å². The van der Waals surface area contributed by atoms with Gasteiger partial charge in [-0.05, 0) is 55.8 Å². The van der Waals surface area contributed by atoms with Gasteiger partial charge in [0, 0.05) is 19.6 Å². The summed E-state index contributed by atoms with van der Waals surface area (Å²) < 4.78 is 0. The van der Waals surface area contributed by atoms with Crippen molar-refractivity contribution in [3.05, 3.63) is 12.2 Å². The molecule has 26 heavy (non-hydrogen) atoms. The molecule has 2 saturated carbocycles. The first-order valence-electron chi connectivity index (χ1n) is 10.6. The fraction of sp³-hybridized carbons (Fsp3) is 0.864. The predicted octanol–water partition coefficient (Wildman–Crippen LogP) is 5.28. The summed E-state index contributed by atoms with van der Waals surface area (Å²) in [5.74, 6) is 2.43. The third-order valence-electron chi connectivity index (χ3n) is 4.82. The lowest BCUT2D eigenvalue weighted by atomic mass is 10.2. The van der Waals surface area contributed by atoms with E-state index in [9.17, 15) is 4.79 Å². The number of rotatable bonds is 9. The van der Waals surface area contributed by atoms with Gasteiger partial charge in [-0.3, -0.25) is 4.79 Å². The zero-order valence-electron chi connectivity index (χ0n) is 17.8. The number of allylic oxidation sites excluding steroid dienone is 1. The summed E-state index contributed by atoms with van der Waals surface area (Å²) in [6.07, 6.45) is 12.3. The van der Waals surface area contributed by atoms with E-state index in [1.807, 2.05) is 19.9 Å². The minimum absolute atomic E-state index is 0.274. The number of aliphatic carboxylic acids is 1. The molecule has 0 amide bonds. The Labute approximate surface area is 161 Å². The lowest BCUT2D eigenvalue weighted by Gasteiger charge is -1.89. The van der Waals surface area contributed by atoms with Gasteiger partial charge in [-0.15, -0.1) is 0 Å². The maximum Gasteiger partial charge on any atom is 0.303 e. The second-order valence-electron chi connectivity index (χ2n) is 6.83. The largest absolute Gasteiger partial charge is 0.481 e. The first-order chi connectivity index (χ1) is 12.5. The van der Waals surface area contributed by atoms with Crippen molar-refractivity contribution >= 4 is 5.97 Å². The highest BCUT2D eigenvalue weighted by atomic mass is 16.4. The van der Waals surface area contributed by atoms with Crippen LogP contribution in [0.25, 0.3) is 0 Å². The average molecular weight is 373 g/mol. The van der Waals surface area contributed by atoms with Crippen molar-refractivity contribution in [3.63, 3.8) is 0 Å². The van der Waals surface area contributed by atoms with E-state index in [0.29, 0.717) is 18.9 Å². The molecule has 0 aromatic carbocycles. The van der Waals surface area contributed by atoms with Crippen LogP contribution < -0.4 is 0 Å². The molecule has 0 radical (unpaired) electrons. The van der Waals surface area contributed by atoms with Crippen molar-refractivity contribution in [2.24, 2.45) is 23.7 Å². The molecule has 0 heterocycles. The zero-order valence-corrected chi connectivity index (χ0v) is 17.8. The van der Waals surface area contributed by atoms with Gasteiger partial charge in [0.2, 0.25) is 0 Å². The predicted molar refractivity (Wildman–Crippen MR) is 110 cm³/mol. The Kier molecular flexibility index (Phi) is 19.9. The summed E-state index contributed by atoms with van der Waals surface area (Å²) in [4.78, 5) is 10.1. The molecule has 2 aliphatic rings. The van der Waals surface area contributed by atoms with Crippen molar-refractivity contribution in [2.75, 3.05) is 13.2 Å². The Morgan fingerprint density at radius 1 is 0.885 bits per heavy atom. The zero-order chi connectivity index (χ0) is 20.4. The van der Waals surface area contributed by atoms with Crippen molar-refractivity contribution < 1.29 is 20.1 Å². The molecule has 0 aromatic heterocycles. The molecule has 0 aliphatic heterocycles. The molecule has 4 nitrogen and oxygen atoms in total. The Balaban J connectivity index is 0. The molecule has 4 heteroatoms. The molecule has 2 fully saturated rings. The van der Waals surface area contributed by atoms with Crippen LogP contribution in [0.5, 0.6) is 0 Å². The molecule has 0 aromatic rings. The summed E-state index contributed by atoms with van der Waals surface area (Å²) in [5, 5.41) is 25.1. The second kappa shape index (κ2) is 18.9. The first-order valence-corrected chi connectivity index (χ1v) is 10.6. The fourth-order valence-corrected chi connectivity index (χ4v) is 2.97. The van der Waals surface area contributed by atoms with Crippen LogP contribution in [-0.4, -0.2) is 34.5 Å². The van der Waals surface area contributed by atoms with Gasteiger partial charge in [-0.25, -0.2) is 0 Å². The SMILES string of the molecule is CC.CC/C=C\CCO.CC[C@@H]1C[C@@H]1CC(=O)O.CC[C@@H]1C[C@@H]1CCO. The summed E-state index contributed by atoms with van der Waals surface area (Å²) >= 11 is 0. The van der Waals surface area contributed by atoms with Crippen LogP contribution in [0.3, 0.4) is 0 Å². The van der Waals surface area contributed by atoms with Gasteiger partial charge >= 0.3 is 5.97 Å². The molecule has 0 saturated heterocycles. The number of hydrogen-bond acceptors (Lipinski definition) is 3. The van der Waals surface area contributed by atoms with E-state index in [1.165, 1.54) is 12.8 Å². The third kappa shape index (κ3) is 16.6. The van der Waals surface area contributed by atoms with E-state index >= 15 is 0 Å². The Morgan fingerprint density at radius 2 is 1.42 bits per heavy atom. The Bertz CT molecular complexity index is 341. The third-order valence-corrected chi connectivity index (χ3v) is 4.82. The fourth-order valence-electron chi connectivity index (χ4n) is 2.97. The van der Waals surface area contributed by atoms with Gasteiger partial charge in [0.15, 0.2) is 0 Å². The number of hydrogen-bond donors (Lipinski definition) is 3. The molecule has 3 N–H and O–H groups in total. The van der Waals surface area contributed by atoms with Crippen molar-refractivity contribution in [1.29, 1.82) is 0 Å². The van der Waals surface area contributed by atoms with Crippen LogP contribution in [0.4, 0.5) is 0 Å². The molecule has 0 unspecified atom stereocenters. The highest BCUT2D eigenvalue weighted by molar-refractivity contribution is 5.67. The van der Waals surface area contributed by atoms with Gasteiger partial charge < -0.3 is 15.3 Å². The van der Waals surface area contributed by atoms with E-state index < -0.39 is 5.97 Å². The van der Waals surface area contributed by atoms with Crippen LogP contribution in [0.1, 0.15) is 86.0 Å². The number of carbonyl (C=O) groups is 1. The molecular formula is C22H44O4. The average Bonchev–Trinajstić information content (AvgIpc) is 3.55. The van der Waals surface area contributed by atoms with Crippen LogP contribution >= 0.6 is 0 Å². The minimum atomic E-state index is -0.643. The number of aliphatic hydroxyl groups excluding tert-OH is 2. The van der Waals surface area contributed by atoms with Crippen LogP contribution in [0.15, 0.2) is 12.2 Å². The number of aliphatic hydroxyl groups is 2. The Hall–Kier alpha value is -0.870. The lowest BCUT2D eigenvalue weighted by Crippen LogP contribution is -1.96. The molecule has 2 aliphatic carbocycles. The van der Waals surface area contributed by atoms with Crippen LogP contribution in [0, 0.1) is 23.7 Å². The highest BCUT2D eigenvalue weighted by Crippen LogP contribution is 2.43. The van der Waals surface area contributed by atoms with E-state index in [-0.39, 0.29) is 6.61 Å². The minimum Gasteiger partial charge on any atom is -0.481 e. The lowest BCUT2D eigenvalue weighted by molar-refractivity contribution is -0.137. The first kappa shape index (κ1) is 27.3.